The van der Waals surface area contributed by atoms with Crippen LogP contribution in [0, 0.1) is 0 Å². The summed E-state index contributed by atoms with van der Waals surface area (Å²) in [5, 5.41) is 0. The molecule has 0 aliphatic heterocycles. The fraction of sp³-hybridized carbons (Fsp3) is 0.833. The Kier molecular flexibility index (Phi) is 35.9. The Morgan fingerprint density at radius 1 is 0.525 bits per heavy atom. The second kappa shape index (κ2) is 35.4. The molecule has 0 rings (SSSR count). The van der Waals surface area contributed by atoms with Crippen LogP contribution in [-0.2, 0) is 19.1 Å². The molecule has 0 aromatic heterocycles. The highest BCUT2D eigenvalue weighted by Crippen LogP contribution is 2.15. The molecule has 0 heterocycles. The first-order chi connectivity index (χ1) is 19.5. The van der Waals surface area contributed by atoms with Crippen molar-refractivity contribution in [2.75, 3.05) is 6.61 Å². The SMILES string of the molecule is C=CC(=O)OC(CC)CCCCC.C=CC(=O)OCCCCCCCCCCCCCCCCCCCCCC. The summed E-state index contributed by atoms with van der Waals surface area (Å²) in [6.45, 7) is 13.8. The third-order valence-electron chi connectivity index (χ3n) is 7.44. The van der Waals surface area contributed by atoms with Crippen molar-refractivity contribution in [2.24, 2.45) is 0 Å². The third kappa shape index (κ3) is 34.4. The Labute approximate surface area is 250 Å². The summed E-state index contributed by atoms with van der Waals surface area (Å²) in [6.07, 6.45) is 35.6. The lowest BCUT2D eigenvalue weighted by Gasteiger charge is -2.14. The van der Waals surface area contributed by atoms with Crippen molar-refractivity contribution in [3.8, 4) is 0 Å². The molecule has 40 heavy (non-hydrogen) atoms. The minimum atomic E-state index is -0.302. The predicted molar refractivity (Wildman–Crippen MR) is 174 cm³/mol. The average molecular weight is 565 g/mol. The van der Waals surface area contributed by atoms with E-state index >= 15 is 0 Å². The number of hydrogen-bond donors (Lipinski definition) is 0. The first-order valence-electron chi connectivity index (χ1n) is 17.2. The highest BCUT2D eigenvalue weighted by Gasteiger charge is 2.09. The molecule has 0 radical (unpaired) electrons. The van der Waals surface area contributed by atoms with Crippen LogP contribution in [0.4, 0.5) is 0 Å². The molecule has 0 aliphatic rings. The Balaban J connectivity index is 0. The maximum absolute atomic E-state index is 10.9. The van der Waals surface area contributed by atoms with E-state index in [2.05, 4.69) is 27.0 Å². The molecular formula is C36H68O4. The van der Waals surface area contributed by atoms with Gasteiger partial charge in [-0.1, -0.05) is 169 Å². The summed E-state index contributed by atoms with van der Waals surface area (Å²) >= 11 is 0. The topological polar surface area (TPSA) is 52.6 Å². The largest absolute Gasteiger partial charge is 0.463 e. The van der Waals surface area contributed by atoms with Crippen molar-refractivity contribution in [1.82, 2.24) is 0 Å². The van der Waals surface area contributed by atoms with Crippen molar-refractivity contribution < 1.29 is 19.1 Å². The fourth-order valence-electron chi connectivity index (χ4n) is 4.77. The molecule has 0 amide bonds. The van der Waals surface area contributed by atoms with E-state index in [1.165, 1.54) is 147 Å². The van der Waals surface area contributed by atoms with E-state index in [1.807, 2.05) is 6.92 Å². The number of carbonyl (C=O) groups is 2. The Morgan fingerprint density at radius 2 is 0.875 bits per heavy atom. The summed E-state index contributed by atoms with van der Waals surface area (Å²) in [5.41, 5.74) is 0. The molecular weight excluding hydrogens is 496 g/mol. The Hall–Kier alpha value is -1.58. The molecule has 0 saturated heterocycles. The zero-order valence-corrected chi connectivity index (χ0v) is 27.2. The van der Waals surface area contributed by atoms with E-state index < -0.39 is 0 Å². The monoisotopic (exact) mass is 565 g/mol. The molecule has 236 valence electrons. The lowest BCUT2D eigenvalue weighted by molar-refractivity contribution is -0.143. The van der Waals surface area contributed by atoms with Crippen LogP contribution >= 0.6 is 0 Å². The van der Waals surface area contributed by atoms with Gasteiger partial charge in [0.05, 0.1) is 6.61 Å². The van der Waals surface area contributed by atoms with E-state index in [9.17, 15) is 9.59 Å². The van der Waals surface area contributed by atoms with Crippen LogP contribution in [0.5, 0.6) is 0 Å². The van der Waals surface area contributed by atoms with Gasteiger partial charge in [0.2, 0.25) is 0 Å². The van der Waals surface area contributed by atoms with Gasteiger partial charge in [-0.2, -0.15) is 0 Å². The van der Waals surface area contributed by atoms with E-state index in [0.29, 0.717) is 6.61 Å². The molecule has 0 bridgehead atoms. The van der Waals surface area contributed by atoms with Gasteiger partial charge in [-0.15, -0.1) is 0 Å². The summed E-state index contributed by atoms with van der Waals surface area (Å²) in [4.78, 5) is 21.7. The number of esters is 2. The number of carbonyl (C=O) groups excluding carboxylic acids is 2. The third-order valence-corrected chi connectivity index (χ3v) is 7.44. The quantitative estimate of drug-likeness (QED) is 0.0515. The maximum atomic E-state index is 10.9. The van der Waals surface area contributed by atoms with Crippen molar-refractivity contribution >= 4 is 11.9 Å². The maximum Gasteiger partial charge on any atom is 0.330 e. The molecule has 0 aliphatic carbocycles. The van der Waals surface area contributed by atoms with Crippen LogP contribution in [0.15, 0.2) is 25.3 Å². The van der Waals surface area contributed by atoms with Crippen molar-refractivity contribution in [1.29, 1.82) is 0 Å². The zero-order valence-electron chi connectivity index (χ0n) is 27.2. The van der Waals surface area contributed by atoms with Crippen molar-refractivity contribution in [3.63, 3.8) is 0 Å². The molecule has 1 unspecified atom stereocenters. The van der Waals surface area contributed by atoms with Crippen LogP contribution in [0.2, 0.25) is 0 Å². The Morgan fingerprint density at radius 3 is 1.23 bits per heavy atom. The molecule has 0 saturated carbocycles. The highest BCUT2D eigenvalue weighted by atomic mass is 16.5. The van der Waals surface area contributed by atoms with Crippen LogP contribution < -0.4 is 0 Å². The van der Waals surface area contributed by atoms with Gasteiger partial charge in [-0.25, -0.2) is 9.59 Å². The minimum absolute atomic E-state index is 0.0806. The van der Waals surface area contributed by atoms with E-state index in [-0.39, 0.29) is 18.0 Å². The average Bonchev–Trinajstić information content (AvgIpc) is 2.97. The zero-order chi connectivity index (χ0) is 29.9. The van der Waals surface area contributed by atoms with Gasteiger partial charge >= 0.3 is 11.9 Å². The normalized spacial score (nSPS) is 11.3. The van der Waals surface area contributed by atoms with Gasteiger partial charge in [0.15, 0.2) is 0 Å². The van der Waals surface area contributed by atoms with E-state index in [4.69, 9.17) is 9.47 Å². The predicted octanol–water partition coefficient (Wildman–Crippen LogP) is 11.6. The molecule has 0 aromatic carbocycles. The Bertz CT molecular complexity index is 557. The standard InChI is InChI=1S/C25H48O2.C11H20O2/c1-3-5-6-7-8-9-10-11-12-13-14-15-16-17-18-19-20-21-22-23-24-27-25(26)4-2;1-4-7-8-9-10(5-2)13-11(12)6-3/h4H,2-3,5-24H2,1H3;6,10H,3-5,7-9H2,1-2H3. The number of hydrogen-bond acceptors (Lipinski definition) is 4. The van der Waals surface area contributed by atoms with Crippen LogP contribution in [-0.4, -0.2) is 24.6 Å². The van der Waals surface area contributed by atoms with Gasteiger partial charge < -0.3 is 9.47 Å². The number of rotatable bonds is 29. The smallest absolute Gasteiger partial charge is 0.330 e. The molecule has 4 heteroatoms. The van der Waals surface area contributed by atoms with Gasteiger partial charge in [0.1, 0.15) is 6.10 Å². The van der Waals surface area contributed by atoms with Crippen LogP contribution in [0.1, 0.15) is 181 Å². The van der Waals surface area contributed by atoms with Gasteiger partial charge in [-0.05, 0) is 25.7 Å². The van der Waals surface area contributed by atoms with Gasteiger partial charge in [-0.3, -0.25) is 0 Å². The van der Waals surface area contributed by atoms with Crippen LogP contribution in [0.3, 0.4) is 0 Å². The first kappa shape index (κ1) is 40.6. The first-order valence-corrected chi connectivity index (χ1v) is 17.2. The number of unbranched alkanes of at least 4 members (excludes halogenated alkanes) is 21. The fourth-order valence-corrected chi connectivity index (χ4v) is 4.77. The molecule has 4 nitrogen and oxygen atoms in total. The summed E-state index contributed by atoms with van der Waals surface area (Å²) in [6, 6.07) is 0. The highest BCUT2D eigenvalue weighted by molar-refractivity contribution is 5.81. The van der Waals surface area contributed by atoms with Gasteiger partial charge in [0.25, 0.3) is 0 Å². The molecule has 0 spiro atoms. The summed E-state index contributed by atoms with van der Waals surface area (Å²) in [7, 11) is 0. The summed E-state index contributed by atoms with van der Waals surface area (Å²) < 4.78 is 10.1. The van der Waals surface area contributed by atoms with E-state index in [0.717, 1.165) is 25.7 Å². The molecule has 1 atom stereocenters. The minimum Gasteiger partial charge on any atom is -0.463 e. The van der Waals surface area contributed by atoms with Crippen LogP contribution in [0.25, 0.3) is 0 Å². The second-order valence-electron chi connectivity index (χ2n) is 11.3. The van der Waals surface area contributed by atoms with E-state index in [1.54, 1.807) is 0 Å². The lowest BCUT2D eigenvalue weighted by atomic mass is 10.0. The molecule has 0 fully saturated rings. The van der Waals surface area contributed by atoms with Gasteiger partial charge in [0, 0.05) is 12.2 Å². The van der Waals surface area contributed by atoms with Crippen molar-refractivity contribution in [2.45, 2.75) is 187 Å². The van der Waals surface area contributed by atoms with Crippen molar-refractivity contribution in [3.05, 3.63) is 25.3 Å². The number of ether oxygens (including phenoxy) is 2. The molecule has 0 N–H and O–H groups in total. The molecule has 0 aromatic rings. The summed E-state index contributed by atoms with van der Waals surface area (Å²) in [5.74, 6) is -0.601. The second-order valence-corrected chi connectivity index (χ2v) is 11.3. The lowest BCUT2D eigenvalue weighted by Crippen LogP contribution is -2.15.